The summed E-state index contributed by atoms with van der Waals surface area (Å²) >= 11 is 0. The molecule has 44 heavy (non-hydrogen) atoms. The number of likely N-dealkylation sites (tertiary alicyclic amines) is 1. The van der Waals surface area contributed by atoms with E-state index in [4.69, 9.17) is 28.4 Å². The van der Waals surface area contributed by atoms with E-state index < -0.39 is 0 Å². The van der Waals surface area contributed by atoms with Crippen LogP contribution in [0.1, 0.15) is 17.5 Å². The van der Waals surface area contributed by atoms with Crippen molar-refractivity contribution in [3.05, 3.63) is 72.1 Å². The van der Waals surface area contributed by atoms with Crippen molar-refractivity contribution in [1.82, 2.24) is 20.2 Å². The molecule has 1 N–H and O–H groups in total. The Morgan fingerprint density at radius 3 is 1.61 bits per heavy atom. The van der Waals surface area contributed by atoms with E-state index in [9.17, 15) is 0 Å². The number of pyridine rings is 2. The first-order valence-electron chi connectivity index (χ1n) is 14.5. The van der Waals surface area contributed by atoms with Gasteiger partial charge in [0.25, 0.3) is 0 Å². The van der Waals surface area contributed by atoms with E-state index >= 15 is 0 Å². The van der Waals surface area contributed by atoms with Gasteiger partial charge in [0.2, 0.25) is 11.5 Å². The number of aromatic nitrogens is 2. The van der Waals surface area contributed by atoms with E-state index in [1.807, 2.05) is 42.7 Å². The van der Waals surface area contributed by atoms with E-state index in [-0.39, 0.29) is 0 Å². The minimum Gasteiger partial charge on any atom is -0.493 e. The van der Waals surface area contributed by atoms with Crippen LogP contribution in [-0.4, -0.2) is 76.7 Å². The number of rotatable bonds is 13. The zero-order chi connectivity index (χ0) is 31.1. The number of nitrogens with one attached hydrogen (secondary N) is 1. The molecule has 1 saturated heterocycles. The van der Waals surface area contributed by atoms with Gasteiger partial charge >= 0.3 is 0 Å². The highest BCUT2D eigenvalue weighted by Crippen LogP contribution is 2.42. The third-order valence-corrected chi connectivity index (χ3v) is 7.84. The molecule has 1 aliphatic heterocycles. The van der Waals surface area contributed by atoms with Gasteiger partial charge in [0, 0.05) is 55.7 Å². The second kappa shape index (κ2) is 14.3. The molecule has 0 amide bonds. The van der Waals surface area contributed by atoms with Gasteiger partial charge < -0.3 is 33.7 Å². The van der Waals surface area contributed by atoms with Gasteiger partial charge in [0.05, 0.1) is 54.0 Å². The lowest BCUT2D eigenvalue weighted by Crippen LogP contribution is -2.32. The second-order valence-corrected chi connectivity index (χ2v) is 10.5. The molecule has 0 aliphatic carbocycles. The van der Waals surface area contributed by atoms with Crippen LogP contribution in [0.3, 0.4) is 0 Å². The Hall–Kier alpha value is -4.54. The minimum atomic E-state index is 0.393. The van der Waals surface area contributed by atoms with Crippen molar-refractivity contribution < 1.29 is 28.4 Å². The maximum Gasteiger partial charge on any atom is 0.203 e. The average Bonchev–Trinajstić information content (AvgIpc) is 3.52. The number of benzene rings is 2. The van der Waals surface area contributed by atoms with E-state index in [0.717, 1.165) is 60.7 Å². The molecule has 0 radical (unpaired) electrons. The highest BCUT2D eigenvalue weighted by atomic mass is 16.5. The van der Waals surface area contributed by atoms with Gasteiger partial charge in [-0.15, -0.1) is 0 Å². The Labute approximate surface area is 258 Å². The lowest BCUT2D eigenvalue weighted by Gasteiger charge is -2.18. The molecule has 0 spiro atoms. The van der Waals surface area contributed by atoms with Crippen molar-refractivity contribution >= 4 is 0 Å². The zero-order valence-corrected chi connectivity index (χ0v) is 26.2. The van der Waals surface area contributed by atoms with Crippen molar-refractivity contribution in [2.75, 3.05) is 55.7 Å². The molecule has 1 unspecified atom stereocenters. The van der Waals surface area contributed by atoms with Crippen LogP contribution in [-0.2, 0) is 13.1 Å². The summed E-state index contributed by atoms with van der Waals surface area (Å²) in [6.45, 7) is 3.58. The molecular weight excluding hydrogens is 560 g/mol. The Morgan fingerprint density at radius 2 is 1.14 bits per heavy atom. The third-order valence-electron chi connectivity index (χ3n) is 7.84. The second-order valence-electron chi connectivity index (χ2n) is 10.5. The van der Waals surface area contributed by atoms with Gasteiger partial charge in [-0.05, 0) is 66.1 Å². The molecule has 0 saturated carbocycles. The fraction of sp³-hybridized carbons (Fsp3) is 0.353. The maximum atomic E-state index is 5.54. The summed E-state index contributed by atoms with van der Waals surface area (Å²) in [6.07, 6.45) is 4.77. The van der Waals surface area contributed by atoms with Crippen LogP contribution < -0.4 is 33.7 Å². The maximum absolute atomic E-state index is 5.54. The molecule has 1 aliphatic rings. The lowest BCUT2D eigenvalue weighted by atomic mass is 10.1. The summed E-state index contributed by atoms with van der Waals surface area (Å²) < 4.78 is 33.1. The predicted molar refractivity (Wildman–Crippen MR) is 169 cm³/mol. The molecule has 10 nitrogen and oxygen atoms in total. The van der Waals surface area contributed by atoms with Crippen LogP contribution in [0.4, 0.5) is 0 Å². The van der Waals surface area contributed by atoms with Gasteiger partial charge in [-0.1, -0.05) is 0 Å². The summed E-state index contributed by atoms with van der Waals surface area (Å²) in [5, 5.41) is 3.74. The molecule has 3 heterocycles. The van der Waals surface area contributed by atoms with Gasteiger partial charge in [0.15, 0.2) is 23.0 Å². The number of nitrogens with zero attached hydrogens (tertiary/aromatic N) is 3. The minimum absolute atomic E-state index is 0.393. The average molecular weight is 601 g/mol. The van der Waals surface area contributed by atoms with E-state index in [1.54, 1.807) is 42.7 Å². The fourth-order valence-electron chi connectivity index (χ4n) is 5.59. The highest BCUT2D eigenvalue weighted by molar-refractivity contribution is 5.70. The molecule has 2 aromatic heterocycles. The monoisotopic (exact) mass is 600 g/mol. The standard InChI is InChI=1S/C34H40N4O6/c1-39-29-15-24(16-30(40-2)33(29)43-5)27-13-22(7-10-35-27)19-37-26-9-12-38(21-26)20-23-8-11-36-28(14-23)25-17-31(41-3)34(44-6)32(18-25)42-4/h7-8,10-11,13-18,26,37H,9,12,19-21H2,1-6H3. The molecule has 0 bridgehead atoms. The Balaban J connectivity index is 1.21. The van der Waals surface area contributed by atoms with Crippen LogP contribution >= 0.6 is 0 Å². The molecule has 2 aromatic carbocycles. The summed E-state index contributed by atoms with van der Waals surface area (Å²) in [4.78, 5) is 11.7. The van der Waals surface area contributed by atoms with Crippen LogP contribution in [0, 0.1) is 0 Å². The Morgan fingerprint density at radius 1 is 0.659 bits per heavy atom. The first-order chi connectivity index (χ1) is 21.5. The quantitative estimate of drug-likeness (QED) is 0.220. The van der Waals surface area contributed by atoms with Crippen molar-refractivity contribution in [2.24, 2.45) is 0 Å². The van der Waals surface area contributed by atoms with E-state index in [0.29, 0.717) is 40.5 Å². The van der Waals surface area contributed by atoms with Gasteiger partial charge in [-0.25, -0.2) is 0 Å². The van der Waals surface area contributed by atoms with Crippen LogP contribution in [0.15, 0.2) is 60.9 Å². The summed E-state index contributed by atoms with van der Waals surface area (Å²) in [5.41, 5.74) is 5.87. The van der Waals surface area contributed by atoms with Crippen molar-refractivity contribution in [3.63, 3.8) is 0 Å². The summed E-state index contributed by atoms with van der Waals surface area (Å²) in [6, 6.07) is 16.4. The molecular formula is C34H40N4O6. The summed E-state index contributed by atoms with van der Waals surface area (Å²) in [7, 11) is 9.66. The molecule has 4 aromatic rings. The van der Waals surface area contributed by atoms with Crippen LogP contribution in [0.2, 0.25) is 0 Å². The summed E-state index contributed by atoms with van der Waals surface area (Å²) in [5.74, 6) is 3.53. The zero-order valence-electron chi connectivity index (χ0n) is 26.2. The van der Waals surface area contributed by atoms with Crippen LogP contribution in [0.5, 0.6) is 34.5 Å². The molecule has 1 fully saturated rings. The highest BCUT2D eigenvalue weighted by Gasteiger charge is 2.23. The number of hydrogen-bond donors (Lipinski definition) is 1. The van der Waals surface area contributed by atoms with Crippen molar-refractivity contribution in [2.45, 2.75) is 25.6 Å². The number of methoxy groups -OCH3 is 6. The first kappa shape index (κ1) is 30.9. The SMILES string of the molecule is COc1cc(-c2cc(CNC3CCN(Cc4ccnc(-c5cc(OC)c(OC)c(OC)c5)c4)C3)ccn2)cc(OC)c1OC. The van der Waals surface area contributed by atoms with E-state index in [1.165, 1.54) is 5.56 Å². The molecule has 232 valence electrons. The van der Waals surface area contributed by atoms with Gasteiger partial charge in [-0.3, -0.25) is 14.9 Å². The molecule has 1 atom stereocenters. The molecule has 10 heteroatoms. The van der Waals surface area contributed by atoms with Gasteiger partial charge in [0.1, 0.15) is 0 Å². The van der Waals surface area contributed by atoms with Gasteiger partial charge in [-0.2, -0.15) is 0 Å². The van der Waals surface area contributed by atoms with Crippen LogP contribution in [0.25, 0.3) is 22.5 Å². The predicted octanol–water partition coefficient (Wildman–Crippen LogP) is 5.23. The normalized spacial score (nSPS) is 14.7. The topological polar surface area (TPSA) is 96.4 Å². The third kappa shape index (κ3) is 6.82. The number of ether oxygens (including phenoxy) is 6. The van der Waals surface area contributed by atoms with Crippen molar-refractivity contribution in [3.8, 4) is 57.0 Å². The lowest BCUT2D eigenvalue weighted by molar-refractivity contribution is 0.320. The molecule has 5 rings (SSSR count). The largest absolute Gasteiger partial charge is 0.493 e. The van der Waals surface area contributed by atoms with E-state index in [2.05, 4.69) is 38.4 Å². The Kier molecular flexibility index (Phi) is 10.0. The van der Waals surface area contributed by atoms with Crippen molar-refractivity contribution in [1.29, 1.82) is 0 Å². The Bertz CT molecular complexity index is 1530. The first-order valence-corrected chi connectivity index (χ1v) is 14.5. The smallest absolute Gasteiger partial charge is 0.203 e. The number of hydrogen-bond acceptors (Lipinski definition) is 10. The fourth-order valence-corrected chi connectivity index (χ4v) is 5.59.